The summed E-state index contributed by atoms with van der Waals surface area (Å²) in [5.41, 5.74) is 0.927. The number of fused-ring (bicyclic) bond motifs is 2. The van der Waals surface area contributed by atoms with E-state index < -0.39 is 6.04 Å². The second-order valence-corrected chi connectivity index (χ2v) is 7.15. The van der Waals surface area contributed by atoms with Gasteiger partial charge in [-0.3, -0.25) is 9.59 Å². The summed E-state index contributed by atoms with van der Waals surface area (Å²) in [5.74, 6) is 0.0860. The van der Waals surface area contributed by atoms with Crippen molar-refractivity contribution in [2.45, 2.75) is 44.2 Å². The van der Waals surface area contributed by atoms with Crippen LogP contribution in [0.5, 0.6) is 5.75 Å². The number of ether oxygens (including phenoxy) is 2. The molecule has 3 atom stereocenters. The normalized spacial score (nSPS) is 27.0. The van der Waals surface area contributed by atoms with Crippen molar-refractivity contribution < 1.29 is 23.9 Å². The van der Waals surface area contributed by atoms with Gasteiger partial charge in [0.15, 0.2) is 6.61 Å². The Balaban J connectivity index is 1.65. The van der Waals surface area contributed by atoms with Crippen LogP contribution >= 0.6 is 0 Å². The number of esters is 1. The topological polar surface area (TPSA) is 84.9 Å². The highest BCUT2D eigenvalue weighted by atomic mass is 16.5. The molecular formula is C19H22N2O5. The predicted molar refractivity (Wildman–Crippen MR) is 92.9 cm³/mol. The lowest BCUT2D eigenvalue weighted by Crippen LogP contribution is -2.46. The summed E-state index contributed by atoms with van der Waals surface area (Å²) < 4.78 is 10.3. The largest absolute Gasteiger partial charge is 0.482 e. The number of hydrogen-bond donors (Lipinski definition) is 1. The van der Waals surface area contributed by atoms with Crippen LogP contribution in [0.4, 0.5) is 5.69 Å². The molecule has 0 bridgehead atoms. The first kappa shape index (κ1) is 16.9. The summed E-state index contributed by atoms with van der Waals surface area (Å²) in [4.78, 5) is 38.8. The first-order valence-corrected chi connectivity index (χ1v) is 9.05. The van der Waals surface area contributed by atoms with Gasteiger partial charge in [-0.05, 0) is 43.4 Å². The zero-order chi connectivity index (χ0) is 18.3. The molecule has 1 aromatic rings. The fourth-order valence-corrected chi connectivity index (χ4v) is 4.46. The average Bonchev–Trinajstić information content (AvgIpc) is 3.05. The van der Waals surface area contributed by atoms with Crippen molar-refractivity contribution in [3.8, 4) is 5.75 Å². The van der Waals surface area contributed by atoms with Crippen LogP contribution in [0.1, 0.15) is 42.5 Å². The molecule has 2 fully saturated rings. The van der Waals surface area contributed by atoms with Crippen LogP contribution in [0.25, 0.3) is 0 Å². The average molecular weight is 358 g/mol. The Morgan fingerprint density at radius 2 is 2.08 bits per heavy atom. The van der Waals surface area contributed by atoms with Crippen molar-refractivity contribution in [3.05, 3.63) is 23.8 Å². The molecule has 3 aliphatic rings. The lowest BCUT2D eigenvalue weighted by Gasteiger charge is -2.33. The maximum absolute atomic E-state index is 13.3. The van der Waals surface area contributed by atoms with Crippen molar-refractivity contribution >= 4 is 23.5 Å². The monoisotopic (exact) mass is 358 g/mol. The number of rotatable bonds is 2. The molecule has 7 heteroatoms. The fraction of sp³-hybridized carbons (Fsp3) is 0.526. The van der Waals surface area contributed by atoms with Crippen LogP contribution in [0.2, 0.25) is 0 Å². The number of methoxy groups -OCH3 is 1. The summed E-state index contributed by atoms with van der Waals surface area (Å²) in [6, 6.07) is 4.52. The Morgan fingerprint density at radius 1 is 1.27 bits per heavy atom. The standard InChI is InChI=1S/C19H22N2O5/c1-25-19(24)15-9-11-4-2-3-5-14(11)21(15)18(23)12-6-7-16-13(8-12)20-17(22)10-26-16/h6-8,11,14-15H,2-5,9-10H2,1H3,(H,20,22)/t11-,14+,15+/m1/s1. The first-order valence-electron chi connectivity index (χ1n) is 9.05. The maximum atomic E-state index is 13.3. The van der Waals surface area contributed by atoms with Gasteiger partial charge in [0.1, 0.15) is 11.8 Å². The Morgan fingerprint density at radius 3 is 2.88 bits per heavy atom. The SMILES string of the molecule is COC(=O)[C@@H]1C[C@H]2CCCC[C@@H]2N1C(=O)c1ccc2c(c1)NC(=O)CO2. The third-order valence-corrected chi connectivity index (χ3v) is 5.66. The minimum Gasteiger partial charge on any atom is -0.482 e. The van der Waals surface area contributed by atoms with Crippen molar-refractivity contribution in [2.75, 3.05) is 19.0 Å². The number of carbonyl (C=O) groups is 3. The van der Waals surface area contributed by atoms with Gasteiger partial charge >= 0.3 is 5.97 Å². The number of anilines is 1. The second kappa shape index (κ2) is 6.63. The lowest BCUT2D eigenvalue weighted by molar-refractivity contribution is -0.145. The van der Waals surface area contributed by atoms with Crippen LogP contribution in [0, 0.1) is 5.92 Å². The summed E-state index contributed by atoms with van der Waals surface area (Å²) in [6.07, 6.45) is 4.81. The van der Waals surface area contributed by atoms with E-state index in [9.17, 15) is 14.4 Å². The Bertz CT molecular complexity index is 762. The number of carbonyl (C=O) groups excluding carboxylic acids is 3. The molecule has 2 aliphatic heterocycles. The molecule has 1 N–H and O–H groups in total. The summed E-state index contributed by atoms with van der Waals surface area (Å²) in [5, 5.41) is 2.72. The van der Waals surface area contributed by atoms with Crippen LogP contribution in [0.15, 0.2) is 18.2 Å². The predicted octanol–water partition coefficient (Wildman–Crippen LogP) is 1.96. The van der Waals surface area contributed by atoms with E-state index in [1.807, 2.05) is 0 Å². The third-order valence-electron chi connectivity index (χ3n) is 5.66. The van der Waals surface area contributed by atoms with Gasteiger partial charge in [0.05, 0.1) is 12.8 Å². The van der Waals surface area contributed by atoms with E-state index in [2.05, 4.69) is 5.32 Å². The summed E-state index contributed by atoms with van der Waals surface area (Å²) >= 11 is 0. The van der Waals surface area contributed by atoms with Gasteiger partial charge in [0, 0.05) is 11.6 Å². The smallest absolute Gasteiger partial charge is 0.328 e. The third kappa shape index (κ3) is 2.81. The van der Waals surface area contributed by atoms with Gasteiger partial charge in [0.2, 0.25) is 0 Å². The molecule has 26 heavy (non-hydrogen) atoms. The van der Waals surface area contributed by atoms with Gasteiger partial charge in [-0.15, -0.1) is 0 Å². The van der Waals surface area contributed by atoms with E-state index in [4.69, 9.17) is 9.47 Å². The first-order chi connectivity index (χ1) is 12.6. The maximum Gasteiger partial charge on any atom is 0.328 e. The zero-order valence-electron chi connectivity index (χ0n) is 14.7. The van der Waals surface area contributed by atoms with E-state index >= 15 is 0 Å². The highest BCUT2D eigenvalue weighted by Crippen LogP contribution is 2.41. The van der Waals surface area contributed by atoms with E-state index in [1.165, 1.54) is 7.11 Å². The highest BCUT2D eigenvalue weighted by molar-refractivity contribution is 6.01. The molecular weight excluding hydrogens is 336 g/mol. The molecule has 0 aromatic heterocycles. The second-order valence-electron chi connectivity index (χ2n) is 7.15. The molecule has 4 rings (SSSR count). The number of likely N-dealkylation sites (tertiary alicyclic amines) is 1. The Kier molecular flexibility index (Phi) is 4.30. The molecule has 0 spiro atoms. The van der Waals surface area contributed by atoms with Crippen molar-refractivity contribution in [1.29, 1.82) is 0 Å². The fourth-order valence-electron chi connectivity index (χ4n) is 4.46. The van der Waals surface area contributed by atoms with Gasteiger partial charge < -0.3 is 19.7 Å². The van der Waals surface area contributed by atoms with Crippen molar-refractivity contribution in [3.63, 3.8) is 0 Å². The van der Waals surface area contributed by atoms with E-state index in [-0.39, 0.29) is 30.4 Å². The molecule has 1 aliphatic carbocycles. The quantitative estimate of drug-likeness (QED) is 0.817. The lowest BCUT2D eigenvalue weighted by atomic mass is 9.84. The molecule has 2 amide bonds. The number of amides is 2. The van der Waals surface area contributed by atoms with E-state index in [0.717, 1.165) is 25.7 Å². The van der Waals surface area contributed by atoms with E-state index in [0.29, 0.717) is 29.3 Å². The Hall–Kier alpha value is -2.57. The molecule has 1 aromatic carbocycles. The van der Waals surface area contributed by atoms with Gasteiger partial charge in [-0.1, -0.05) is 12.8 Å². The zero-order valence-corrected chi connectivity index (χ0v) is 14.7. The molecule has 0 radical (unpaired) electrons. The molecule has 1 saturated heterocycles. The van der Waals surface area contributed by atoms with Gasteiger partial charge in [0.25, 0.3) is 11.8 Å². The van der Waals surface area contributed by atoms with Gasteiger partial charge in [-0.25, -0.2) is 4.79 Å². The number of nitrogens with zero attached hydrogens (tertiary/aromatic N) is 1. The van der Waals surface area contributed by atoms with Crippen LogP contribution in [0.3, 0.4) is 0 Å². The van der Waals surface area contributed by atoms with Crippen LogP contribution in [-0.2, 0) is 14.3 Å². The Labute approximate surface area is 151 Å². The van der Waals surface area contributed by atoms with Crippen LogP contribution in [-0.4, -0.2) is 48.5 Å². The summed E-state index contributed by atoms with van der Waals surface area (Å²) in [7, 11) is 1.36. The van der Waals surface area contributed by atoms with Crippen molar-refractivity contribution in [1.82, 2.24) is 4.90 Å². The highest BCUT2D eigenvalue weighted by Gasteiger charge is 2.48. The molecule has 1 saturated carbocycles. The molecule has 2 heterocycles. The molecule has 7 nitrogen and oxygen atoms in total. The van der Waals surface area contributed by atoms with Crippen LogP contribution < -0.4 is 10.1 Å². The minimum absolute atomic E-state index is 0.0272. The summed E-state index contributed by atoms with van der Waals surface area (Å²) in [6.45, 7) is -0.0272. The minimum atomic E-state index is -0.539. The molecule has 138 valence electrons. The van der Waals surface area contributed by atoms with Gasteiger partial charge in [-0.2, -0.15) is 0 Å². The molecule has 0 unspecified atom stereocenters. The number of hydrogen-bond acceptors (Lipinski definition) is 5. The number of nitrogens with one attached hydrogen (secondary N) is 1. The number of benzene rings is 1. The van der Waals surface area contributed by atoms with Crippen molar-refractivity contribution in [2.24, 2.45) is 5.92 Å². The van der Waals surface area contributed by atoms with E-state index in [1.54, 1.807) is 23.1 Å².